The van der Waals surface area contributed by atoms with Gasteiger partial charge < -0.3 is 20.3 Å². The second-order valence-corrected chi connectivity index (χ2v) is 6.24. The van der Waals surface area contributed by atoms with Crippen molar-refractivity contribution in [2.75, 3.05) is 33.8 Å². The number of nitrogens with zero attached hydrogens (tertiary/aromatic N) is 2. The van der Waals surface area contributed by atoms with Gasteiger partial charge in [-0.2, -0.15) is 0 Å². The van der Waals surface area contributed by atoms with E-state index in [1.165, 1.54) is 17.7 Å². The molecule has 0 aliphatic heterocycles. The highest BCUT2D eigenvalue weighted by atomic mass is 16.5. The molecule has 0 spiro atoms. The second kappa shape index (κ2) is 9.15. The van der Waals surface area contributed by atoms with Crippen molar-refractivity contribution in [3.63, 3.8) is 0 Å². The minimum absolute atomic E-state index is 0.0469. The Kier molecular flexibility index (Phi) is 6.90. The molecule has 0 heterocycles. The fourth-order valence-corrected chi connectivity index (χ4v) is 2.08. The monoisotopic (exact) mass is 332 g/mol. The number of benzene rings is 1. The third kappa shape index (κ3) is 6.48. The molecule has 0 aromatic heterocycles. The maximum Gasteiger partial charge on any atom is 0.259 e. The van der Waals surface area contributed by atoms with Crippen molar-refractivity contribution in [1.29, 1.82) is 0 Å². The van der Waals surface area contributed by atoms with Crippen LogP contribution in [0.5, 0.6) is 5.75 Å². The zero-order valence-electron chi connectivity index (χ0n) is 14.8. The molecule has 2 rings (SSSR count). The summed E-state index contributed by atoms with van der Waals surface area (Å²) in [4.78, 5) is 17.7. The summed E-state index contributed by atoms with van der Waals surface area (Å²) in [7, 11) is 3.43. The third-order valence-electron chi connectivity index (χ3n) is 3.78. The van der Waals surface area contributed by atoms with Crippen LogP contribution in [0.4, 0.5) is 0 Å². The first-order chi connectivity index (χ1) is 11.6. The minimum atomic E-state index is -0.0582. The lowest BCUT2D eigenvalue weighted by atomic mass is 10.2. The predicted octanol–water partition coefficient (Wildman–Crippen LogP) is 1.62. The molecule has 0 atom stereocenters. The normalized spacial score (nSPS) is 14.2. The first-order valence-corrected chi connectivity index (χ1v) is 8.52. The zero-order chi connectivity index (χ0) is 17.4. The van der Waals surface area contributed by atoms with Crippen LogP contribution >= 0.6 is 0 Å². The van der Waals surface area contributed by atoms with E-state index in [0.717, 1.165) is 30.5 Å². The summed E-state index contributed by atoms with van der Waals surface area (Å²) in [6, 6.07) is 7.71. The standard InChI is InChI=1S/C18H28N4O2/c1-4-19-18(20-11-14-8-9-14)21-12-15-6-5-7-16(10-15)24-13-17(23)22(2)3/h5-7,10,14H,4,8-9,11-13H2,1-3H3,(H2,19,20,21). The lowest BCUT2D eigenvalue weighted by Gasteiger charge is -2.12. The van der Waals surface area contributed by atoms with E-state index in [9.17, 15) is 4.79 Å². The molecule has 6 nitrogen and oxygen atoms in total. The molecule has 0 saturated heterocycles. The van der Waals surface area contributed by atoms with Gasteiger partial charge in [0, 0.05) is 27.2 Å². The van der Waals surface area contributed by atoms with Gasteiger partial charge in [-0.3, -0.25) is 4.79 Å². The van der Waals surface area contributed by atoms with Gasteiger partial charge in [-0.1, -0.05) is 12.1 Å². The van der Waals surface area contributed by atoms with E-state index in [-0.39, 0.29) is 12.5 Å². The summed E-state index contributed by atoms with van der Waals surface area (Å²) in [5.41, 5.74) is 1.05. The van der Waals surface area contributed by atoms with Crippen molar-refractivity contribution in [1.82, 2.24) is 15.5 Å². The van der Waals surface area contributed by atoms with Crippen LogP contribution in [-0.2, 0) is 11.3 Å². The molecule has 2 N–H and O–H groups in total. The summed E-state index contributed by atoms with van der Waals surface area (Å²) < 4.78 is 5.54. The molecule has 24 heavy (non-hydrogen) atoms. The number of nitrogens with one attached hydrogen (secondary N) is 2. The number of hydrogen-bond donors (Lipinski definition) is 2. The summed E-state index contributed by atoms with van der Waals surface area (Å²) >= 11 is 0. The van der Waals surface area contributed by atoms with Crippen molar-refractivity contribution >= 4 is 11.9 Å². The van der Waals surface area contributed by atoms with Gasteiger partial charge in [-0.25, -0.2) is 4.99 Å². The van der Waals surface area contributed by atoms with Gasteiger partial charge in [0.1, 0.15) is 5.75 Å². The number of guanidine groups is 1. The topological polar surface area (TPSA) is 66.0 Å². The van der Waals surface area contributed by atoms with E-state index in [4.69, 9.17) is 4.74 Å². The molecule has 132 valence electrons. The van der Waals surface area contributed by atoms with Crippen LogP contribution in [0.2, 0.25) is 0 Å². The second-order valence-electron chi connectivity index (χ2n) is 6.24. The Morgan fingerprint density at radius 3 is 2.79 bits per heavy atom. The summed E-state index contributed by atoms with van der Waals surface area (Å²) in [5, 5.41) is 6.64. The molecule has 6 heteroatoms. The lowest BCUT2D eigenvalue weighted by molar-refractivity contribution is -0.130. The molecule has 1 amide bonds. The molecule has 1 aromatic carbocycles. The van der Waals surface area contributed by atoms with Gasteiger partial charge in [-0.05, 0) is 43.4 Å². The van der Waals surface area contributed by atoms with Crippen LogP contribution in [0.15, 0.2) is 29.3 Å². The number of aliphatic imine (C=N–C) groups is 1. The number of amides is 1. The minimum Gasteiger partial charge on any atom is -0.484 e. The highest BCUT2D eigenvalue weighted by Gasteiger charge is 2.21. The van der Waals surface area contributed by atoms with Gasteiger partial charge in [0.2, 0.25) is 0 Å². The highest BCUT2D eigenvalue weighted by molar-refractivity contribution is 5.79. The van der Waals surface area contributed by atoms with Crippen molar-refractivity contribution in [3.8, 4) is 5.75 Å². The average molecular weight is 332 g/mol. The number of likely N-dealkylation sites (N-methyl/N-ethyl adjacent to an activating group) is 1. The van der Waals surface area contributed by atoms with Gasteiger partial charge in [-0.15, -0.1) is 0 Å². The number of hydrogen-bond acceptors (Lipinski definition) is 3. The predicted molar refractivity (Wildman–Crippen MR) is 96.2 cm³/mol. The summed E-state index contributed by atoms with van der Waals surface area (Å²) in [6.07, 6.45) is 2.63. The first kappa shape index (κ1) is 18.1. The lowest BCUT2D eigenvalue weighted by Crippen LogP contribution is -2.38. The van der Waals surface area contributed by atoms with Gasteiger partial charge in [0.15, 0.2) is 12.6 Å². The molecule has 0 unspecified atom stereocenters. The van der Waals surface area contributed by atoms with Gasteiger partial charge in [0.05, 0.1) is 6.54 Å². The highest BCUT2D eigenvalue weighted by Crippen LogP contribution is 2.27. The van der Waals surface area contributed by atoms with Crippen molar-refractivity contribution in [2.45, 2.75) is 26.3 Å². The van der Waals surface area contributed by atoms with E-state index in [1.54, 1.807) is 14.1 Å². The molecule has 0 radical (unpaired) electrons. The molecule has 1 aliphatic carbocycles. The Morgan fingerprint density at radius 1 is 1.33 bits per heavy atom. The first-order valence-electron chi connectivity index (χ1n) is 8.52. The average Bonchev–Trinajstić information content (AvgIpc) is 3.40. The molecule has 1 fully saturated rings. The van der Waals surface area contributed by atoms with Crippen LogP contribution < -0.4 is 15.4 Å². The van der Waals surface area contributed by atoms with Crippen molar-refractivity contribution in [3.05, 3.63) is 29.8 Å². The zero-order valence-corrected chi connectivity index (χ0v) is 14.8. The van der Waals surface area contributed by atoms with E-state index in [2.05, 4.69) is 22.5 Å². The molecular formula is C18H28N4O2. The fourth-order valence-electron chi connectivity index (χ4n) is 2.08. The summed E-state index contributed by atoms with van der Waals surface area (Å²) in [6.45, 7) is 4.50. The van der Waals surface area contributed by atoms with E-state index in [0.29, 0.717) is 12.3 Å². The van der Waals surface area contributed by atoms with Crippen LogP contribution in [0.1, 0.15) is 25.3 Å². The Hall–Kier alpha value is -2.24. The van der Waals surface area contributed by atoms with Gasteiger partial charge in [0.25, 0.3) is 5.91 Å². The molecular weight excluding hydrogens is 304 g/mol. The Labute approximate surface area is 144 Å². The van der Waals surface area contributed by atoms with E-state index in [1.807, 2.05) is 24.3 Å². The Balaban J connectivity index is 1.88. The van der Waals surface area contributed by atoms with Crippen molar-refractivity contribution in [2.24, 2.45) is 10.9 Å². The molecule has 1 saturated carbocycles. The number of rotatable bonds is 8. The van der Waals surface area contributed by atoms with Crippen LogP contribution in [-0.4, -0.2) is 50.6 Å². The Morgan fingerprint density at radius 2 is 2.12 bits per heavy atom. The largest absolute Gasteiger partial charge is 0.484 e. The van der Waals surface area contributed by atoms with Crippen molar-refractivity contribution < 1.29 is 9.53 Å². The van der Waals surface area contributed by atoms with E-state index < -0.39 is 0 Å². The molecule has 0 bridgehead atoms. The van der Waals surface area contributed by atoms with Gasteiger partial charge >= 0.3 is 0 Å². The molecule has 1 aliphatic rings. The van der Waals surface area contributed by atoms with Crippen LogP contribution in [0.3, 0.4) is 0 Å². The number of ether oxygens (including phenoxy) is 1. The maximum atomic E-state index is 11.6. The molecule has 1 aromatic rings. The number of carbonyl (C=O) groups excluding carboxylic acids is 1. The fraction of sp³-hybridized carbons (Fsp3) is 0.556. The Bertz CT molecular complexity index is 568. The van der Waals surface area contributed by atoms with Crippen LogP contribution in [0, 0.1) is 5.92 Å². The summed E-state index contributed by atoms with van der Waals surface area (Å²) in [5.74, 6) is 2.28. The van der Waals surface area contributed by atoms with Crippen LogP contribution in [0.25, 0.3) is 0 Å². The smallest absolute Gasteiger partial charge is 0.259 e. The third-order valence-corrected chi connectivity index (χ3v) is 3.78. The maximum absolute atomic E-state index is 11.6. The van der Waals surface area contributed by atoms with E-state index >= 15 is 0 Å². The SMILES string of the molecule is CCNC(=NCc1cccc(OCC(=O)N(C)C)c1)NCC1CC1. The number of carbonyl (C=O) groups is 1. The quantitative estimate of drug-likeness (QED) is 0.561.